The molecule has 0 rings (SSSR count). The second kappa shape index (κ2) is 15.8. The summed E-state index contributed by atoms with van der Waals surface area (Å²) in [6, 6.07) is 0. The van der Waals surface area contributed by atoms with Gasteiger partial charge in [0.15, 0.2) is 6.10 Å². The maximum Gasteiger partial charge on any atom is 0.306 e. The Morgan fingerprint density at radius 3 is 1.71 bits per heavy atom. The first-order valence-electron chi connectivity index (χ1n) is 11.3. The number of rotatable bonds is 18. The third-order valence-corrected chi connectivity index (χ3v) is 4.86. The minimum absolute atomic E-state index is 0.237. The van der Waals surface area contributed by atoms with E-state index in [0.717, 1.165) is 25.2 Å². The second-order valence-electron chi connectivity index (χ2n) is 9.63. The lowest BCUT2D eigenvalue weighted by Gasteiger charge is -2.29. The molecule has 0 aromatic heterocycles. The molecule has 0 amide bonds. The van der Waals surface area contributed by atoms with Crippen LogP contribution in [0, 0.1) is 5.92 Å². The van der Waals surface area contributed by atoms with Crippen LogP contribution in [0.2, 0.25) is 0 Å². The summed E-state index contributed by atoms with van der Waals surface area (Å²) in [6.07, 6.45) is 13.2. The van der Waals surface area contributed by atoms with Crippen molar-refractivity contribution in [1.82, 2.24) is 0 Å². The van der Waals surface area contributed by atoms with Crippen LogP contribution in [-0.4, -0.2) is 50.2 Å². The first kappa shape index (κ1) is 26.9. The number of nitrogens with zero attached hydrogens (tertiary/aromatic N) is 1. The molecule has 0 radical (unpaired) electrons. The smallest absolute Gasteiger partial charge is 0.306 e. The van der Waals surface area contributed by atoms with Gasteiger partial charge >= 0.3 is 5.97 Å². The molecule has 0 aliphatic heterocycles. The Bertz CT molecular complexity index is 415. The first-order valence-corrected chi connectivity index (χ1v) is 11.3. The number of carboxylic acid groups (broad SMARTS) is 1. The lowest BCUT2D eigenvalue weighted by molar-refractivity contribution is -0.873. The van der Waals surface area contributed by atoms with E-state index < -0.39 is 12.1 Å². The molecule has 5 heteroatoms. The maximum absolute atomic E-state index is 12.0. The van der Waals surface area contributed by atoms with Crippen LogP contribution in [0.25, 0.3) is 0 Å². The molecule has 0 spiro atoms. The van der Waals surface area contributed by atoms with Gasteiger partial charge in [-0.3, -0.25) is 4.79 Å². The highest BCUT2D eigenvalue weighted by molar-refractivity contribution is 5.70. The molecule has 0 aromatic carbocycles. The fraction of sp³-hybridized carbons (Fsp3) is 0.913. The highest BCUT2D eigenvalue weighted by Crippen LogP contribution is 2.14. The van der Waals surface area contributed by atoms with E-state index in [0.29, 0.717) is 17.4 Å². The lowest BCUT2D eigenvalue weighted by Crippen LogP contribution is -2.45. The predicted molar refractivity (Wildman–Crippen MR) is 113 cm³/mol. The molecular formula is C23H45NO4. The summed E-state index contributed by atoms with van der Waals surface area (Å²) >= 11 is 0. The molecule has 0 fully saturated rings. The standard InChI is InChI=1S/C23H45NO4/c1-20(2)16-14-12-10-8-6-7-9-11-13-15-17-23(27)28-21(18-22(25)26)19-24(3,4)5/h20-21H,6-19H2,1-5H3. The van der Waals surface area contributed by atoms with Crippen molar-refractivity contribution in [3.63, 3.8) is 0 Å². The number of carboxylic acids is 1. The number of ether oxygens (including phenoxy) is 1. The molecule has 0 aromatic rings. The van der Waals surface area contributed by atoms with Gasteiger partial charge in [0.05, 0.1) is 21.1 Å². The summed E-state index contributed by atoms with van der Waals surface area (Å²) in [5, 5.41) is 10.9. The van der Waals surface area contributed by atoms with Gasteiger partial charge in [-0.05, 0) is 12.3 Å². The quantitative estimate of drug-likeness (QED) is 0.198. The Labute approximate surface area is 173 Å². The van der Waals surface area contributed by atoms with Crippen molar-refractivity contribution < 1.29 is 23.9 Å². The van der Waals surface area contributed by atoms with E-state index in [2.05, 4.69) is 13.8 Å². The van der Waals surface area contributed by atoms with Crippen LogP contribution < -0.4 is 5.11 Å². The molecule has 0 saturated carbocycles. The average molecular weight is 400 g/mol. The van der Waals surface area contributed by atoms with Crippen LogP contribution in [0.5, 0.6) is 0 Å². The predicted octanol–water partition coefficient (Wildman–Crippen LogP) is 4.08. The van der Waals surface area contributed by atoms with Crippen molar-refractivity contribution in [2.75, 3.05) is 27.7 Å². The first-order chi connectivity index (χ1) is 13.1. The average Bonchev–Trinajstić information content (AvgIpc) is 2.53. The van der Waals surface area contributed by atoms with Crippen LogP contribution in [-0.2, 0) is 14.3 Å². The van der Waals surface area contributed by atoms with Crippen molar-refractivity contribution in [2.45, 2.75) is 103 Å². The third-order valence-electron chi connectivity index (χ3n) is 4.86. The fourth-order valence-corrected chi connectivity index (χ4v) is 3.42. The number of aliphatic carboxylic acids is 1. The van der Waals surface area contributed by atoms with Gasteiger partial charge in [-0.15, -0.1) is 0 Å². The Balaban J connectivity index is 3.65. The molecule has 0 bridgehead atoms. The highest BCUT2D eigenvalue weighted by Gasteiger charge is 2.22. The molecule has 5 nitrogen and oxygen atoms in total. The zero-order valence-corrected chi connectivity index (χ0v) is 19.1. The largest absolute Gasteiger partial charge is 0.550 e. The van der Waals surface area contributed by atoms with E-state index in [4.69, 9.17) is 4.74 Å². The summed E-state index contributed by atoms with van der Waals surface area (Å²) in [7, 11) is 5.84. The van der Waals surface area contributed by atoms with Gasteiger partial charge in [0.2, 0.25) is 0 Å². The van der Waals surface area contributed by atoms with Crippen LogP contribution >= 0.6 is 0 Å². The second-order valence-corrected chi connectivity index (χ2v) is 9.63. The third kappa shape index (κ3) is 19.7. The van der Waals surface area contributed by atoms with Gasteiger partial charge in [-0.25, -0.2) is 0 Å². The molecule has 0 N–H and O–H groups in total. The monoisotopic (exact) mass is 399 g/mol. The van der Waals surface area contributed by atoms with Crippen LogP contribution in [0.1, 0.15) is 97.3 Å². The number of hydrogen-bond acceptors (Lipinski definition) is 4. The number of carbonyl (C=O) groups is 2. The Morgan fingerprint density at radius 1 is 0.821 bits per heavy atom. The van der Waals surface area contributed by atoms with Crippen LogP contribution in [0.3, 0.4) is 0 Å². The van der Waals surface area contributed by atoms with Crippen LogP contribution in [0.15, 0.2) is 0 Å². The molecule has 0 heterocycles. The van der Waals surface area contributed by atoms with E-state index >= 15 is 0 Å². The summed E-state index contributed by atoms with van der Waals surface area (Å²) in [4.78, 5) is 22.8. The summed E-state index contributed by atoms with van der Waals surface area (Å²) < 4.78 is 5.91. The van der Waals surface area contributed by atoms with Crippen molar-refractivity contribution in [3.8, 4) is 0 Å². The zero-order chi connectivity index (χ0) is 21.4. The number of unbranched alkanes of at least 4 members (excludes halogenated alkanes) is 9. The molecule has 0 aliphatic carbocycles. The van der Waals surface area contributed by atoms with E-state index in [1.54, 1.807) is 0 Å². The van der Waals surface area contributed by atoms with Gasteiger partial charge in [0, 0.05) is 18.8 Å². The summed E-state index contributed by atoms with van der Waals surface area (Å²) in [5.41, 5.74) is 0. The number of quaternary nitrogens is 1. The summed E-state index contributed by atoms with van der Waals surface area (Å²) in [6.45, 7) is 5.05. The molecule has 0 saturated heterocycles. The molecule has 1 atom stereocenters. The molecule has 166 valence electrons. The Hall–Kier alpha value is -1.10. The molecular weight excluding hydrogens is 354 g/mol. The van der Waals surface area contributed by atoms with Crippen LogP contribution in [0.4, 0.5) is 0 Å². The summed E-state index contributed by atoms with van der Waals surface area (Å²) in [5.74, 6) is -0.637. The molecule has 0 aliphatic rings. The van der Waals surface area contributed by atoms with E-state index in [1.165, 1.54) is 51.4 Å². The lowest BCUT2D eigenvalue weighted by atomic mass is 10.0. The van der Waals surface area contributed by atoms with Crippen molar-refractivity contribution in [1.29, 1.82) is 0 Å². The number of carbonyl (C=O) groups excluding carboxylic acids is 2. The van der Waals surface area contributed by atoms with Gasteiger partial charge < -0.3 is 19.1 Å². The maximum atomic E-state index is 12.0. The topological polar surface area (TPSA) is 66.4 Å². The highest BCUT2D eigenvalue weighted by atomic mass is 16.5. The van der Waals surface area contributed by atoms with E-state index in [1.807, 2.05) is 21.1 Å². The fourth-order valence-electron chi connectivity index (χ4n) is 3.42. The van der Waals surface area contributed by atoms with Gasteiger partial charge in [-0.1, -0.05) is 78.1 Å². The normalized spacial score (nSPS) is 12.9. The van der Waals surface area contributed by atoms with Crippen molar-refractivity contribution >= 4 is 11.9 Å². The molecule has 1 unspecified atom stereocenters. The van der Waals surface area contributed by atoms with E-state index in [9.17, 15) is 14.7 Å². The minimum Gasteiger partial charge on any atom is -0.550 e. The van der Waals surface area contributed by atoms with Crippen molar-refractivity contribution in [2.24, 2.45) is 5.92 Å². The van der Waals surface area contributed by atoms with Gasteiger partial charge in [-0.2, -0.15) is 0 Å². The number of hydrogen-bond donors (Lipinski definition) is 0. The SMILES string of the molecule is CC(C)CCCCCCCCCCCCC(=O)OC(CC(=O)[O-])C[N+](C)(C)C. The molecule has 28 heavy (non-hydrogen) atoms. The number of likely N-dealkylation sites (N-methyl/N-ethyl adjacent to an activating group) is 1. The Kier molecular flexibility index (Phi) is 15.2. The van der Waals surface area contributed by atoms with E-state index in [-0.39, 0.29) is 12.4 Å². The minimum atomic E-state index is -1.17. The Morgan fingerprint density at radius 2 is 1.29 bits per heavy atom. The zero-order valence-electron chi connectivity index (χ0n) is 19.1. The van der Waals surface area contributed by atoms with Crippen molar-refractivity contribution in [3.05, 3.63) is 0 Å². The van der Waals surface area contributed by atoms with Gasteiger partial charge in [0.1, 0.15) is 6.54 Å². The number of esters is 1. The van der Waals surface area contributed by atoms with Gasteiger partial charge in [0.25, 0.3) is 0 Å².